The van der Waals surface area contributed by atoms with Gasteiger partial charge < -0.3 is 4.74 Å². The van der Waals surface area contributed by atoms with Crippen LogP contribution >= 0.6 is 27.5 Å². The molecule has 0 radical (unpaired) electrons. The summed E-state index contributed by atoms with van der Waals surface area (Å²) in [6, 6.07) is 7.78. The summed E-state index contributed by atoms with van der Waals surface area (Å²) in [6.45, 7) is 5.11. The van der Waals surface area contributed by atoms with Crippen molar-refractivity contribution in [3.05, 3.63) is 45.1 Å². The molecule has 0 aliphatic rings. The maximum absolute atomic E-state index is 6.08. The molecule has 1 aromatic carbocycles. The highest BCUT2D eigenvalue weighted by Crippen LogP contribution is 2.20. The van der Waals surface area contributed by atoms with Crippen molar-refractivity contribution in [2.24, 2.45) is 0 Å². The highest BCUT2D eigenvalue weighted by Gasteiger charge is 2.08. The summed E-state index contributed by atoms with van der Waals surface area (Å²) in [7, 11) is 0. The molecular weight excluding hydrogens is 316 g/mol. The van der Waals surface area contributed by atoms with Gasteiger partial charge >= 0.3 is 0 Å². The average Bonchev–Trinajstić information content (AvgIpc) is 2.57. The van der Waals surface area contributed by atoms with Gasteiger partial charge in [-0.2, -0.15) is 5.10 Å². The second-order valence-corrected chi connectivity index (χ2v) is 5.31. The lowest BCUT2D eigenvalue weighted by molar-refractivity contribution is 0.289. The summed E-state index contributed by atoms with van der Waals surface area (Å²) in [5, 5.41) is 5.09. The molecule has 3 nitrogen and oxygen atoms in total. The summed E-state index contributed by atoms with van der Waals surface area (Å²) < 4.78 is 8.54. The molecule has 0 saturated carbocycles. The van der Waals surface area contributed by atoms with Gasteiger partial charge in [-0.15, -0.1) is 0 Å². The van der Waals surface area contributed by atoms with Crippen molar-refractivity contribution in [1.29, 1.82) is 0 Å². The van der Waals surface area contributed by atoms with E-state index in [0.717, 1.165) is 26.6 Å². The van der Waals surface area contributed by atoms with Gasteiger partial charge in [0.05, 0.1) is 23.0 Å². The monoisotopic (exact) mass is 328 g/mol. The van der Waals surface area contributed by atoms with Gasteiger partial charge in [0.15, 0.2) is 0 Å². The Kier molecular flexibility index (Phi) is 4.30. The molecule has 2 aromatic rings. The zero-order valence-corrected chi connectivity index (χ0v) is 12.6. The van der Waals surface area contributed by atoms with Gasteiger partial charge in [-0.1, -0.05) is 33.6 Å². The zero-order chi connectivity index (χ0) is 13.1. The molecule has 0 aliphatic carbocycles. The van der Waals surface area contributed by atoms with Gasteiger partial charge in [-0.3, -0.25) is 4.68 Å². The van der Waals surface area contributed by atoms with Gasteiger partial charge in [0.1, 0.15) is 12.4 Å². The molecule has 0 saturated heterocycles. The van der Waals surface area contributed by atoms with E-state index < -0.39 is 0 Å². The number of aryl methyl sites for hydroxylation is 1. The van der Waals surface area contributed by atoms with Crippen LogP contribution in [0.3, 0.4) is 0 Å². The third-order valence-electron chi connectivity index (χ3n) is 2.66. The van der Waals surface area contributed by atoms with E-state index in [9.17, 15) is 0 Å². The van der Waals surface area contributed by atoms with E-state index in [0.29, 0.717) is 13.2 Å². The lowest BCUT2D eigenvalue weighted by Crippen LogP contribution is -2.10. The molecule has 0 atom stereocenters. The molecule has 1 aromatic heterocycles. The molecule has 0 spiro atoms. The van der Waals surface area contributed by atoms with Crippen molar-refractivity contribution < 1.29 is 4.74 Å². The molecule has 0 aliphatic heterocycles. The summed E-state index contributed by atoms with van der Waals surface area (Å²) in [6.07, 6.45) is 0. The first-order valence-electron chi connectivity index (χ1n) is 5.66. The molecule has 5 heteroatoms. The Morgan fingerprint density at radius 2 is 2.17 bits per heavy atom. The molecule has 0 amide bonds. The third-order valence-corrected chi connectivity index (χ3v) is 3.70. The predicted octanol–water partition coefficient (Wildman–Crippen LogP) is 3.99. The number of rotatable bonds is 4. The minimum atomic E-state index is 0.564. The van der Waals surface area contributed by atoms with Crippen LogP contribution in [0.5, 0.6) is 5.75 Å². The van der Waals surface area contributed by atoms with Crippen molar-refractivity contribution in [2.45, 2.75) is 20.4 Å². The minimum absolute atomic E-state index is 0.564. The fraction of sp³-hybridized carbons (Fsp3) is 0.308. The van der Waals surface area contributed by atoms with Crippen molar-refractivity contribution in [1.82, 2.24) is 9.78 Å². The topological polar surface area (TPSA) is 27.1 Å². The van der Waals surface area contributed by atoms with E-state index in [2.05, 4.69) is 21.0 Å². The van der Waals surface area contributed by atoms with Crippen molar-refractivity contribution in [2.75, 3.05) is 6.61 Å². The second-order valence-electron chi connectivity index (χ2n) is 4.01. The van der Waals surface area contributed by atoms with Crippen LogP contribution in [0.25, 0.3) is 0 Å². The van der Waals surface area contributed by atoms with E-state index in [-0.39, 0.29) is 0 Å². The van der Waals surface area contributed by atoms with Crippen molar-refractivity contribution in [3.8, 4) is 5.75 Å². The smallest absolute Gasteiger partial charge is 0.120 e. The van der Waals surface area contributed by atoms with Gasteiger partial charge in [-0.25, -0.2) is 0 Å². The van der Waals surface area contributed by atoms with Crippen LogP contribution < -0.4 is 4.74 Å². The molecule has 96 valence electrons. The van der Waals surface area contributed by atoms with Crippen LogP contribution in [0.4, 0.5) is 0 Å². The van der Waals surface area contributed by atoms with Gasteiger partial charge in [0.2, 0.25) is 0 Å². The highest BCUT2D eigenvalue weighted by atomic mass is 79.9. The zero-order valence-electron chi connectivity index (χ0n) is 10.3. The SMILES string of the molecule is Cc1nn(CCOc2cccc(Br)c2)c(C)c1Cl. The van der Waals surface area contributed by atoms with Crippen LogP contribution in [0.2, 0.25) is 5.02 Å². The molecule has 0 unspecified atom stereocenters. The van der Waals surface area contributed by atoms with E-state index in [1.54, 1.807) is 0 Å². The van der Waals surface area contributed by atoms with Crippen LogP contribution in [-0.4, -0.2) is 16.4 Å². The molecule has 0 N–H and O–H groups in total. The Morgan fingerprint density at radius 1 is 1.39 bits per heavy atom. The van der Waals surface area contributed by atoms with Crippen LogP contribution in [-0.2, 0) is 6.54 Å². The van der Waals surface area contributed by atoms with Crippen LogP contribution in [0.1, 0.15) is 11.4 Å². The maximum Gasteiger partial charge on any atom is 0.120 e. The van der Waals surface area contributed by atoms with Crippen molar-refractivity contribution >= 4 is 27.5 Å². The van der Waals surface area contributed by atoms with E-state index >= 15 is 0 Å². The number of aromatic nitrogens is 2. The summed E-state index contributed by atoms with van der Waals surface area (Å²) in [5.41, 5.74) is 1.84. The third kappa shape index (κ3) is 3.06. The Bertz CT molecular complexity index is 554. The molecule has 0 fully saturated rings. The standard InChI is InChI=1S/C13H14BrClN2O/c1-9-13(15)10(2)17(16-9)6-7-18-12-5-3-4-11(14)8-12/h3-5,8H,6-7H2,1-2H3. The van der Waals surface area contributed by atoms with Crippen LogP contribution in [0, 0.1) is 13.8 Å². The summed E-state index contributed by atoms with van der Waals surface area (Å²) in [4.78, 5) is 0. The Labute approximate surface area is 120 Å². The lowest BCUT2D eigenvalue weighted by atomic mass is 10.3. The quantitative estimate of drug-likeness (QED) is 0.848. The maximum atomic E-state index is 6.08. The summed E-state index contributed by atoms with van der Waals surface area (Å²) >= 11 is 9.49. The van der Waals surface area contributed by atoms with E-state index in [4.69, 9.17) is 16.3 Å². The second kappa shape index (κ2) is 5.76. The molecule has 2 rings (SSSR count). The molecule has 1 heterocycles. The van der Waals surface area contributed by atoms with Gasteiger partial charge in [0.25, 0.3) is 0 Å². The average molecular weight is 330 g/mol. The Morgan fingerprint density at radius 3 is 2.78 bits per heavy atom. The first kappa shape index (κ1) is 13.4. The highest BCUT2D eigenvalue weighted by molar-refractivity contribution is 9.10. The number of benzene rings is 1. The summed E-state index contributed by atoms with van der Waals surface area (Å²) in [5.74, 6) is 0.844. The number of nitrogens with zero attached hydrogens (tertiary/aromatic N) is 2. The number of ether oxygens (including phenoxy) is 1. The Balaban J connectivity index is 1.94. The van der Waals surface area contributed by atoms with Crippen LogP contribution in [0.15, 0.2) is 28.7 Å². The first-order chi connectivity index (χ1) is 8.58. The Hall–Kier alpha value is -1.000. The number of hydrogen-bond acceptors (Lipinski definition) is 2. The minimum Gasteiger partial charge on any atom is -0.492 e. The fourth-order valence-corrected chi connectivity index (χ4v) is 2.21. The first-order valence-corrected chi connectivity index (χ1v) is 6.83. The molecular formula is C13H14BrClN2O. The lowest BCUT2D eigenvalue weighted by Gasteiger charge is -2.07. The number of halogens is 2. The normalized spacial score (nSPS) is 10.7. The van der Waals surface area contributed by atoms with Gasteiger partial charge in [-0.05, 0) is 32.0 Å². The molecule has 18 heavy (non-hydrogen) atoms. The van der Waals surface area contributed by atoms with E-state index in [1.165, 1.54) is 0 Å². The largest absolute Gasteiger partial charge is 0.492 e. The number of hydrogen-bond donors (Lipinski definition) is 0. The fourth-order valence-electron chi connectivity index (χ4n) is 1.70. The molecule has 0 bridgehead atoms. The predicted molar refractivity (Wildman–Crippen MR) is 76.3 cm³/mol. The van der Waals surface area contributed by atoms with Crippen molar-refractivity contribution in [3.63, 3.8) is 0 Å². The van der Waals surface area contributed by atoms with Gasteiger partial charge in [0, 0.05) is 4.47 Å². The van der Waals surface area contributed by atoms with E-state index in [1.807, 2.05) is 42.8 Å².